The van der Waals surface area contributed by atoms with Crippen LogP contribution in [0.4, 0.5) is 0 Å². The first-order valence-electron chi connectivity index (χ1n) is 6.84. The molecule has 19 heavy (non-hydrogen) atoms. The molecule has 0 heterocycles. The summed E-state index contributed by atoms with van der Waals surface area (Å²) < 4.78 is 5.24. The Labute approximate surface area is 114 Å². The van der Waals surface area contributed by atoms with Gasteiger partial charge in [-0.05, 0) is 56.2 Å². The van der Waals surface area contributed by atoms with Gasteiger partial charge in [-0.3, -0.25) is 4.79 Å². The Bertz CT molecular complexity index is 471. The highest BCUT2D eigenvalue weighted by Gasteiger charge is 2.35. The molecule has 1 fully saturated rings. The van der Waals surface area contributed by atoms with Crippen LogP contribution in [-0.2, 0) is 10.2 Å². The number of hydrogen-bond acceptors (Lipinski definition) is 3. The minimum absolute atomic E-state index is 0.0649. The number of rotatable bonds is 3. The van der Waals surface area contributed by atoms with E-state index in [9.17, 15) is 9.90 Å². The molecule has 3 nitrogen and oxygen atoms in total. The van der Waals surface area contributed by atoms with Crippen molar-refractivity contribution in [3.8, 4) is 11.5 Å². The van der Waals surface area contributed by atoms with Crippen LogP contribution in [-0.4, -0.2) is 18.0 Å². The van der Waals surface area contributed by atoms with Crippen LogP contribution in [0, 0.1) is 5.92 Å². The molecule has 0 aliphatic heterocycles. The van der Waals surface area contributed by atoms with E-state index >= 15 is 0 Å². The van der Waals surface area contributed by atoms with E-state index in [1.54, 1.807) is 26.2 Å². The lowest BCUT2D eigenvalue weighted by atomic mass is 9.67. The zero-order chi connectivity index (χ0) is 14.0. The van der Waals surface area contributed by atoms with Crippen molar-refractivity contribution in [3.63, 3.8) is 0 Å². The van der Waals surface area contributed by atoms with Gasteiger partial charge in [0.2, 0.25) is 0 Å². The van der Waals surface area contributed by atoms with Crippen LogP contribution in [0.3, 0.4) is 0 Å². The fourth-order valence-electron chi connectivity index (χ4n) is 3.06. The molecule has 0 amide bonds. The van der Waals surface area contributed by atoms with Crippen molar-refractivity contribution in [2.45, 2.75) is 44.9 Å². The van der Waals surface area contributed by atoms with Crippen molar-refractivity contribution >= 4 is 5.78 Å². The van der Waals surface area contributed by atoms with Crippen molar-refractivity contribution in [1.82, 2.24) is 0 Å². The molecular weight excluding hydrogens is 240 g/mol. The van der Waals surface area contributed by atoms with Gasteiger partial charge in [-0.1, -0.05) is 6.92 Å². The number of phenolic OH excluding ortho intramolecular Hbond substituents is 1. The van der Waals surface area contributed by atoms with Gasteiger partial charge in [0.25, 0.3) is 0 Å². The summed E-state index contributed by atoms with van der Waals surface area (Å²) in [4.78, 5) is 11.4. The molecule has 104 valence electrons. The quantitative estimate of drug-likeness (QED) is 0.907. The molecule has 2 rings (SSSR count). The Balaban J connectivity index is 2.24. The van der Waals surface area contributed by atoms with Crippen LogP contribution >= 0.6 is 0 Å². The van der Waals surface area contributed by atoms with Crippen LogP contribution in [0.5, 0.6) is 11.5 Å². The molecule has 0 bridgehead atoms. The Kier molecular flexibility index (Phi) is 3.83. The summed E-state index contributed by atoms with van der Waals surface area (Å²) in [5.41, 5.74) is 0.874. The summed E-state index contributed by atoms with van der Waals surface area (Å²) in [6, 6.07) is 5.38. The summed E-state index contributed by atoms with van der Waals surface area (Å²) in [6.07, 6.45) is 3.67. The van der Waals surface area contributed by atoms with E-state index in [0.717, 1.165) is 37.0 Å². The average molecular weight is 262 g/mol. The Hall–Kier alpha value is -1.51. The standard InChI is InChI=1S/C16H22O3/c1-11(17)12-6-8-16(2,9-7-12)14-10-13(19-3)4-5-15(14)18/h4-5,10,12,18H,6-9H2,1-3H3/t12-,16-. The lowest BCUT2D eigenvalue weighted by Crippen LogP contribution is -2.31. The Morgan fingerprint density at radius 3 is 2.53 bits per heavy atom. The Morgan fingerprint density at radius 1 is 1.37 bits per heavy atom. The average Bonchev–Trinajstić information content (AvgIpc) is 2.39. The molecule has 0 spiro atoms. The fourth-order valence-corrected chi connectivity index (χ4v) is 3.06. The van der Waals surface area contributed by atoms with Crippen LogP contribution in [0.25, 0.3) is 0 Å². The summed E-state index contributed by atoms with van der Waals surface area (Å²) in [5.74, 6) is 1.57. The maximum Gasteiger partial charge on any atom is 0.132 e. The van der Waals surface area contributed by atoms with Crippen LogP contribution in [0.1, 0.15) is 45.1 Å². The zero-order valence-electron chi connectivity index (χ0n) is 11.9. The van der Waals surface area contributed by atoms with Crippen molar-refractivity contribution in [3.05, 3.63) is 23.8 Å². The highest BCUT2D eigenvalue weighted by atomic mass is 16.5. The molecule has 1 saturated carbocycles. The molecule has 0 saturated heterocycles. The van der Waals surface area contributed by atoms with E-state index in [1.807, 2.05) is 6.07 Å². The van der Waals surface area contributed by atoms with Crippen LogP contribution in [0.15, 0.2) is 18.2 Å². The molecule has 1 aliphatic carbocycles. The first kappa shape index (κ1) is 13.9. The number of methoxy groups -OCH3 is 1. The number of ether oxygens (including phenoxy) is 1. The number of carbonyl (C=O) groups excluding carboxylic acids is 1. The van der Waals surface area contributed by atoms with Crippen molar-refractivity contribution in [2.24, 2.45) is 5.92 Å². The second-order valence-corrected chi connectivity index (χ2v) is 5.83. The van der Waals surface area contributed by atoms with E-state index < -0.39 is 0 Å². The number of hydrogen-bond donors (Lipinski definition) is 1. The molecule has 0 atom stereocenters. The third-order valence-corrected chi connectivity index (χ3v) is 4.52. The summed E-state index contributed by atoms with van der Waals surface area (Å²) in [7, 11) is 1.63. The second-order valence-electron chi connectivity index (χ2n) is 5.83. The minimum atomic E-state index is -0.0649. The summed E-state index contributed by atoms with van der Waals surface area (Å²) in [6.45, 7) is 3.84. The van der Waals surface area contributed by atoms with Gasteiger partial charge in [0.1, 0.15) is 17.3 Å². The maximum atomic E-state index is 11.4. The van der Waals surface area contributed by atoms with E-state index in [4.69, 9.17) is 4.74 Å². The highest BCUT2D eigenvalue weighted by molar-refractivity contribution is 5.78. The summed E-state index contributed by atoms with van der Waals surface area (Å²) >= 11 is 0. The first-order chi connectivity index (χ1) is 8.96. The van der Waals surface area contributed by atoms with Gasteiger partial charge < -0.3 is 9.84 Å². The molecule has 0 unspecified atom stereocenters. The first-order valence-corrected chi connectivity index (χ1v) is 6.84. The third-order valence-electron chi connectivity index (χ3n) is 4.52. The monoisotopic (exact) mass is 262 g/mol. The normalized spacial score (nSPS) is 27.0. The van der Waals surface area contributed by atoms with Gasteiger partial charge in [0.15, 0.2) is 0 Å². The van der Waals surface area contributed by atoms with Gasteiger partial charge in [-0.15, -0.1) is 0 Å². The third kappa shape index (κ3) is 2.75. The fraction of sp³-hybridized carbons (Fsp3) is 0.562. The van der Waals surface area contributed by atoms with Gasteiger partial charge in [-0.2, -0.15) is 0 Å². The summed E-state index contributed by atoms with van der Waals surface area (Å²) in [5, 5.41) is 10.1. The van der Waals surface area contributed by atoms with E-state index in [0.29, 0.717) is 5.75 Å². The smallest absolute Gasteiger partial charge is 0.132 e. The number of ketones is 1. The zero-order valence-corrected chi connectivity index (χ0v) is 11.9. The van der Waals surface area contributed by atoms with Crippen LogP contribution < -0.4 is 4.74 Å². The number of aromatic hydroxyl groups is 1. The number of phenols is 1. The van der Waals surface area contributed by atoms with Gasteiger partial charge >= 0.3 is 0 Å². The molecule has 1 aromatic rings. The number of benzene rings is 1. The van der Waals surface area contributed by atoms with Crippen molar-refractivity contribution < 1.29 is 14.6 Å². The maximum absolute atomic E-state index is 11.4. The minimum Gasteiger partial charge on any atom is -0.508 e. The molecule has 0 aromatic heterocycles. The highest BCUT2D eigenvalue weighted by Crippen LogP contribution is 2.45. The molecule has 1 aliphatic rings. The van der Waals surface area contributed by atoms with E-state index in [1.165, 1.54) is 0 Å². The SMILES string of the molecule is COc1ccc(O)c([C@]2(C)CC[C@@H](C(C)=O)CC2)c1. The predicted octanol–water partition coefficient (Wildman–Crippen LogP) is 3.44. The van der Waals surface area contributed by atoms with Gasteiger partial charge in [0, 0.05) is 11.5 Å². The van der Waals surface area contributed by atoms with Crippen molar-refractivity contribution in [2.75, 3.05) is 7.11 Å². The molecule has 0 radical (unpaired) electrons. The number of Topliss-reactive ketones (excluding diaryl/α,β-unsaturated/α-hetero) is 1. The lowest BCUT2D eigenvalue weighted by molar-refractivity contribution is -0.121. The molecule has 1 N–H and O–H groups in total. The second kappa shape index (κ2) is 5.24. The van der Waals surface area contributed by atoms with E-state index in [2.05, 4.69) is 6.92 Å². The largest absolute Gasteiger partial charge is 0.508 e. The lowest BCUT2D eigenvalue weighted by Gasteiger charge is -2.37. The molecule has 3 heteroatoms. The Morgan fingerprint density at radius 2 is 2.00 bits per heavy atom. The number of carbonyl (C=O) groups is 1. The molecule has 1 aromatic carbocycles. The van der Waals surface area contributed by atoms with Crippen molar-refractivity contribution in [1.29, 1.82) is 0 Å². The van der Waals surface area contributed by atoms with Gasteiger partial charge in [0.05, 0.1) is 7.11 Å². The topological polar surface area (TPSA) is 46.5 Å². The van der Waals surface area contributed by atoms with E-state index in [-0.39, 0.29) is 17.1 Å². The van der Waals surface area contributed by atoms with Crippen LogP contribution in [0.2, 0.25) is 0 Å². The predicted molar refractivity (Wildman–Crippen MR) is 74.6 cm³/mol. The van der Waals surface area contributed by atoms with Gasteiger partial charge in [-0.25, -0.2) is 0 Å². The molecular formula is C16H22O3.